The summed E-state index contributed by atoms with van der Waals surface area (Å²) in [7, 11) is 0. The van der Waals surface area contributed by atoms with E-state index in [-0.39, 0.29) is 18.2 Å². The Hall–Kier alpha value is -2.83. The zero-order valence-corrected chi connectivity index (χ0v) is 13.8. The molecular weight excluding hydrogens is 345 g/mol. The van der Waals surface area contributed by atoms with E-state index in [9.17, 15) is 22.8 Å². The van der Waals surface area contributed by atoms with Crippen molar-refractivity contribution in [1.82, 2.24) is 0 Å². The number of hydrogen-bond acceptors (Lipinski definition) is 2. The third-order valence-electron chi connectivity index (χ3n) is 4.18. The molecule has 2 aromatic carbocycles. The van der Waals surface area contributed by atoms with E-state index in [1.54, 1.807) is 29.2 Å². The number of benzene rings is 2. The van der Waals surface area contributed by atoms with Gasteiger partial charge in [0.2, 0.25) is 11.8 Å². The highest BCUT2D eigenvalue weighted by molar-refractivity contribution is 5.96. The molecule has 0 radical (unpaired) electrons. The molecule has 2 aromatic rings. The topological polar surface area (TPSA) is 49.4 Å². The first kappa shape index (κ1) is 18.0. The second-order valence-electron chi connectivity index (χ2n) is 6.12. The first-order valence-electron chi connectivity index (χ1n) is 8.19. The average Bonchev–Trinajstić information content (AvgIpc) is 3.01. The highest BCUT2D eigenvalue weighted by Crippen LogP contribution is 2.29. The van der Waals surface area contributed by atoms with Crippen LogP contribution in [0.5, 0.6) is 0 Å². The molecule has 1 N–H and O–H groups in total. The van der Waals surface area contributed by atoms with Crippen LogP contribution in [0.3, 0.4) is 0 Å². The Bertz CT molecular complexity index is 799. The van der Waals surface area contributed by atoms with Crippen molar-refractivity contribution in [3.63, 3.8) is 0 Å². The third kappa shape index (κ3) is 4.22. The lowest BCUT2D eigenvalue weighted by molar-refractivity contribution is -0.137. The monoisotopic (exact) mass is 362 g/mol. The standard InChI is InChI=1S/C19H17F3N2O2/c20-19(21,22)14-5-3-13(4-6-14)12-17(25)23-15-7-9-16(10-8-15)24-11-1-2-18(24)26/h3-10H,1-2,11-12H2,(H,23,25). The number of hydrogen-bond donors (Lipinski definition) is 1. The van der Waals surface area contributed by atoms with Crippen molar-refractivity contribution in [1.29, 1.82) is 0 Å². The molecule has 0 aromatic heterocycles. The van der Waals surface area contributed by atoms with E-state index in [0.29, 0.717) is 24.2 Å². The van der Waals surface area contributed by atoms with Gasteiger partial charge in [-0.3, -0.25) is 9.59 Å². The Morgan fingerprint density at radius 3 is 2.23 bits per heavy atom. The summed E-state index contributed by atoms with van der Waals surface area (Å²) in [5, 5.41) is 2.70. The maximum atomic E-state index is 12.5. The van der Waals surface area contributed by atoms with Gasteiger partial charge in [-0.1, -0.05) is 12.1 Å². The molecule has 2 amide bonds. The molecule has 4 nitrogen and oxygen atoms in total. The molecule has 1 fully saturated rings. The highest BCUT2D eigenvalue weighted by atomic mass is 19.4. The number of carbonyl (C=O) groups excluding carboxylic acids is 2. The van der Waals surface area contributed by atoms with Crippen molar-refractivity contribution >= 4 is 23.2 Å². The zero-order valence-electron chi connectivity index (χ0n) is 13.8. The zero-order chi connectivity index (χ0) is 18.7. The van der Waals surface area contributed by atoms with E-state index < -0.39 is 11.7 Å². The number of carbonyl (C=O) groups is 2. The Labute approximate surface area is 148 Å². The average molecular weight is 362 g/mol. The molecule has 0 saturated carbocycles. The van der Waals surface area contributed by atoms with Gasteiger partial charge in [-0.2, -0.15) is 13.2 Å². The Morgan fingerprint density at radius 1 is 1.04 bits per heavy atom. The molecule has 1 heterocycles. The maximum Gasteiger partial charge on any atom is 0.416 e. The van der Waals surface area contributed by atoms with Crippen LogP contribution in [0, 0.1) is 0 Å². The highest BCUT2D eigenvalue weighted by Gasteiger charge is 2.30. The summed E-state index contributed by atoms with van der Waals surface area (Å²) in [6.07, 6.45) is -3.03. The molecule has 0 atom stereocenters. The van der Waals surface area contributed by atoms with Crippen LogP contribution in [0.2, 0.25) is 0 Å². The first-order chi connectivity index (χ1) is 12.3. The Morgan fingerprint density at radius 2 is 1.69 bits per heavy atom. The van der Waals surface area contributed by atoms with Gasteiger partial charge in [0.15, 0.2) is 0 Å². The first-order valence-corrected chi connectivity index (χ1v) is 8.19. The SMILES string of the molecule is O=C(Cc1ccc(C(F)(F)F)cc1)Nc1ccc(N2CCCC2=O)cc1. The van der Waals surface area contributed by atoms with E-state index >= 15 is 0 Å². The number of anilines is 2. The van der Waals surface area contributed by atoms with Gasteiger partial charge < -0.3 is 10.2 Å². The summed E-state index contributed by atoms with van der Waals surface area (Å²) in [4.78, 5) is 25.5. The second-order valence-corrected chi connectivity index (χ2v) is 6.12. The predicted octanol–water partition coefficient (Wildman–Crippen LogP) is 4.01. The van der Waals surface area contributed by atoms with Crippen molar-refractivity contribution in [3.8, 4) is 0 Å². The van der Waals surface area contributed by atoms with Crippen molar-refractivity contribution < 1.29 is 22.8 Å². The quantitative estimate of drug-likeness (QED) is 0.893. The van der Waals surface area contributed by atoms with Gasteiger partial charge in [0.05, 0.1) is 12.0 Å². The van der Waals surface area contributed by atoms with E-state index in [4.69, 9.17) is 0 Å². The smallest absolute Gasteiger partial charge is 0.326 e. The van der Waals surface area contributed by atoms with Gasteiger partial charge in [0.1, 0.15) is 0 Å². The molecule has 1 saturated heterocycles. The molecule has 0 bridgehead atoms. The minimum Gasteiger partial charge on any atom is -0.326 e. The number of rotatable bonds is 4. The fourth-order valence-corrected chi connectivity index (χ4v) is 2.85. The molecule has 1 aliphatic heterocycles. The van der Waals surface area contributed by atoms with Crippen LogP contribution in [0.1, 0.15) is 24.0 Å². The van der Waals surface area contributed by atoms with E-state index in [0.717, 1.165) is 24.2 Å². The van der Waals surface area contributed by atoms with Gasteiger partial charge in [-0.25, -0.2) is 0 Å². The second kappa shape index (κ2) is 7.19. The largest absolute Gasteiger partial charge is 0.416 e. The molecule has 26 heavy (non-hydrogen) atoms. The summed E-state index contributed by atoms with van der Waals surface area (Å²) < 4.78 is 37.6. The van der Waals surface area contributed by atoms with Crippen LogP contribution < -0.4 is 10.2 Å². The van der Waals surface area contributed by atoms with Crippen LogP contribution >= 0.6 is 0 Å². The summed E-state index contributed by atoms with van der Waals surface area (Å²) in [5.74, 6) is -0.237. The van der Waals surface area contributed by atoms with Crippen LogP contribution in [0.25, 0.3) is 0 Å². The van der Waals surface area contributed by atoms with Crippen LogP contribution in [-0.2, 0) is 22.2 Å². The molecule has 7 heteroatoms. The van der Waals surface area contributed by atoms with Gasteiger partial charge >= 0.3 is 6.18 Å². The Balaban J connectivity index is 1.58. The van der Waals surface area contributed by atoms with Crippen molar-refractivity contribution in [3.05, 3.63) is 59.7 Å². The maximum absolute atomic E-state index is 12.5. The normalized spacial score (nSPS) is 14.6. The summed E-state index contributed by atoms with van der Waals surface area (Å²) in [5.41, 5.74) is 1.11. The molecule has 0 aliphatic carbocycles. The summed E-state index contributed by atoms with van der Waals surface area (Å²) in [6.45, 7) is 0.693. The lowest BCUT2D eigenvalue weighted by Crippen LogP contribution is -2.23. The number of amides is 2. The minimum absolute atomic E-state index is 0.0233. The molecule has 0 unspecified atom stereocenters. The third-order valence-corrected chi connectivity index (χ3v) is 4.18. The number of nitrogens with zero attached hydrogens (tertiary/aromatic N) is 1. The van der Waals surface area contributed by atoms with Gasteiger partial charge in [0.25, 0.3) is 0 Å². The van der Waals surface area contributed by atoms with Crippen LogP contribution in [0.15, 0.2) is 48.5 Å². The fourth-order valence-electron chi connectivity index (χ4n) is 2.85. The lowest BCUT2D eigenvalue weighted by atomic mass is 10.1. The number of halogens is 3. The van der Waals surface area contributed by atoms with E-state index in [1.165, 1.54) is 12.1 Å². The number of alkyl halides is 3. The van der Waals surface area contributed by atoms with Crippen molar-refractivity contribution in [2.75, 3.05) is 16.8 Å². The van der Waals surface area contributed by atoms with Gasteiger partial charge in [0, 0.05) is 24.3 Å². The fraction of sp³-hybridized carbons (Fsp3) is 0.263. The van der Waals surface area contributed by atoms with E-state index in [2.05, 4.69) is 5.32 Å². The summed E-state index contributed by atoms with van der Waals surface area (Å²) in [6, 6.07) is 11.4. The molecule has 0 spiro atoms. The molecule has 1 aliphatic rings. The number of nitrogens with one attached hydrogen (secondary N) is 1. The molecular formula is C19H17F3N2O2. The van der Waals surface area contributed by atoms with Crippen molar-refractivity contribution in [2.45, 2.75) is 25.4 Å². The van der Waals surface area contributed by atoms with Crippen molar-refractivity contribution in [2.24, 2.45) is 0 Å². The van der Waals surface area contributed by atoms with Gasteiger partial charge in [-0.15, -0.1) is 0 Å². The molecule has 3 rings (SSSR count). The van der Waals surface area contributed by atoms with Crippen LogP contribution in [-0.4, -0.2) is 18.4 Å². The molecule has 136 valence electrons. The van der Waals surface area contributed by atoms with Gasteiger partial charge in [-0.05, 0) is 48.4 Å². The Kier molecular flexibility index (Phi) is 4.97. The lowest BCUT2D eigenvalue weighted by Gasteiger charge is -2.16. The van der Waals surface area contributed by atoms with Crippen LogP contribution in [0.4, 0.5) is 24.5 Å². The van der Waals surface area contributed by atoms with E-state index in [1.807, 2.05) is 0 Å². The summed E-state index contributed by atoms with van der Waals surface area (Å²) >= 11 is 0. The minimum atomic E-state index is -4.39. The predicted molar refractivity (Wildman–Crippen MR) is 91.8 cm³/mol.